The maximum atomic E-state index is 9.14. The molecule has 3 heteroatoms. The Morgan fingerprint density at radius 3 is 2.28 bits per heavy atom. The minimum Gasteiger partial charge on any atom is -0.236 e. The molecular formula is C15H17N3. The molecule has 92 valence electrons. The molecular weight excluding hydrogens is 222 g/mol. The third-order valence-corrected chi connectivity index (χ3v) is 2.94. The van der Waals surface area contributed by atoms with E-state index in [9.17, 15) is 0 Å². The Kier molecular flexibility index (Phi) is 2.96. The van der Waals surface area contributed by atoms with Gasteiger partial charge in [0, 0.05) is 11.0 Å². The molecule has 2 aromatic rings. The maximum Gasteiger partial charge on any atom is 0.166 e. The van der Waals surface area contributed by atoms with Crippen molar-refractivity contribution in [2.24, 2.45) is 0 Å². The standard InChI is InChI=1S/C15H17N3/c1-11-13(10-16)17-18(14(11)15(2,3)4)12-8-6-5-7-9-12/h5-9H,1-4H3. The molecule has 0 amide bonds. The average Bonchev–Trinajstić information content (AvgIpc) is 2.67. The van der Waals surface area contributed by atoms with E-state index in [0.29, 0.717) is 5.69 Å². The van der Waals surface area contributed by atoms with Crippen molar-refractivity contribution in [2.45, 2.75) is 33.1 Å². The number of nitrogens with zero attached hydrogens (tertiary/aromatic N) is 3. The summed E-state index contributed by atoms with van der Waals surface area (Å²) >= 11 is 0. The Morgan fingerprint density at radius 2 is 1.78 bits per heavy atom. The zero-order valence-electron chi connectivity index (χ0n) is 11.2. The first kappa shape index (κ1) is 12.4. The predicted molar refractivity (Wildman–Crippen MR) is 71.7 cm³/mol. The molecule has 0 aliphatic heterocycles. The van der Waals surface area contributed by atoms with Gasteiger partial charge in [-0.2, -0.15) is 10.4 Å². The second kappa shape index (κ2) is 4.30. The lowest BCUT2D eigenvalue weighted by Crippen LogP contribution is -2.18. The predicted octanol–water partition coefficient (Wildman–Crippen LogP) is 3.35. The van der Waals surface area contributed by atoms with Crippen LogP contribution in [0.15, 0.2) is 30.3 Å². The van der Waals surface area contributed by atoms with Crippen LogP contribution in [0.3, 0.4) is 0 Å². The van der Waals surface area contributed by atoms with E-state index in [1.165, 1.54) is 0 Å². The summed E-state index contributed by atoms with van der Waals surface area (Å²) in [7, 11) is 0. The van der Waals surface area contributed by atoms with E-state index in [4.69, 9.17) is 5.26 Å². The van der Waals surface area contributed by atoms with Gasteiger partial charge in [-0.15, -0.1) is 0 Å². The first-order valence-corrected chi connectivity index (χ1v) is 6.01. The highest BCUT2D eigenvalue weighted by Gasteiger charge is 2.25. The monoisotopic (exact) mass is 239 g/mol. The lowest BCUT2D eigenvalue weighted by Gasteiger charge is -2.21. The van der Waals surface area contributed by atoms with Crippen LogP contribution in [-0.4, -0.2) is 9.78 Å². The molecule has 0 atom stereocenters. The summed E-state index contributed by atoms with van der Waals surface area (Å²) in [6.45, 7) is 8.37. The molecule has 0 saturated heterocycles. The van der Waals surface area contributed by atoms with Crippen LogP contribution in [0.25, 0.3) is 5.69 Å². The fourth-order valence-corrected chi connectivity index (χ4v) is 2.24. The smallest absolute Gasteiger partial charge is 0.166 e. The molecule has 0 bridgehead atoms. The molecule has 0 radical (unpaired) electrons. The zero-order chi connectivity index (χ0) is 13.3. The fourth-order valence-electron chi connectivity index (χ4n) is 2.24. The highest BCUT2D eigenvalue weighted by Crippen LogP contribution is 2.29. The normalized spacial score (nSPS) is 11.3. The molecule has 0 unspecified atom stereocenters. The summed E-state index contributed by atoms with van der Waals surface area (Å²) in [6, 6.07) is 12.1. The lowest BCUT2D eigenvalue weighted by atomic mass is 9.89. The van der Waals surface area contributed by atoms with Crippen LogP contribution in [0.2, 0.25) is 0 Å². The molecule has 0 fully saturated rings. The molecule has 1 aromatic heterocycles. The number of hydrogen-bond acceptors (Lipinski definition) is 2. The van der Waals surface area contributed by atoms with Crippen molar-refractivity contribution < 1.29 is 0 Å². The van der Waals surface area contributed by atoms with Crippen LogP contribution in [0.1, 0.15) is 37.7 Å². The van der Waals surface area contributed by atoms with Crippen LogP contribution in [-0.2, 0) is 5.41 Å². The number of para-hydroxylation sites is 1. The van der Waals surface area contributed by atoms with Crippen molar-refractivity contribution in [3.05, 3.63) is 47.3 Å². The quantitative estimate of drug-likeness (QED) is 0.765. The Balaban J connectivity index is 2.73. The molecule has 18 heavy (non-hydrogen) atoms. The van der Waals surface area contributed by atoms with Gasteiger partial charge < -0.3 is 0 Å². The van der Waals surface area contributed by atoms with Gasteiger partial charge in [0.15, 0.2) is 5.69 Å². The number of rotatable bonds is 1. The maximum absolute atomic E-state index is 9.14. The molecule has 3 nitrogen and oxygen atoms in total. The van der Waals surface area contributed by atoms with Gasteiger partial charge in [0.1, 0.15) is 6.07 Å². The van der Waals surface area contributed by atoms with E-state index in [1.807, 2.05) is 41.9 Å². The van der Waals surface area contributed by atoms with Crippen molar-refractivity contribution in [3.8, 4) is 11.8 Å². The molecule has 1 heterocycles. The van der Waals surface area contributed by atoms with Gasteiger partial charge >= 0.3 is 0 Å². The van der Waals surface area contributed by atoms with Crippen molar-refractivity contribution in [1.29, 1.82) is 5.26 Å². The third-order valence-electron chi connectivity index (χ3n) is 2.94. The summed E-state index contributed by atoms with van der Waals surface area (Å²) in [5.41, 5.74) is 3.50. The average molecular weight is 239 g/mol. The van der Waals surface area contributed by atoms with Gasteiger partial charge in [-0.05, 0) is 19.1 Å². The SMILES string of the molecule is Cc1c(C#N)nn(-c2ccccc2)c1C(C)(C)C. The minimum atomic E-state index is -0.0535. The molecule has 0 aliphatic carbocycles. The highest BCUT2D eigenvalue weighted by molar-refractivity contribution is 5.43. The van der Waals surface area contributed by atoms with Crippen LogP contribution >= 0.6 is 0 Å². The molecule has 0 spiro atoms. The van der Waals surface area contributed by atoms with Gasteiger partial charge in [-0.25, -0.2) is 4.68 Å². The molecule has 0 saturated carbocycles. The van der Waals surface area contributed by atoms with Gasteiger partial charge in [0.05, 0.1) is 11.4 Å². The fraction of sp³-hybridized carbons (Fsp3) is 0.333. The van der Waals surface area contributed by atoms with Crippen LogP contribution in [0.4, 0.5) is 0 Å². The topological polar surface area (TPSA) is 41.6 Å². The van der Waals surface area contributed by atoms with E-state index in [-0.39, 0.29) is 5.41 Å². The van der Waals surface area contributed by atoms with Crippen molar-refractivity contribution >= 4 is 0 Å². The third kappa shape index (κ3) is 2.02. The van der Waals surface area contributed by atoms with Gasteiger partial charge in [-0.3, -0.25) is 0 Å². The summed E-state index contributed by atoms with van der Waals surface area (Å²) in [6.07, 6.45) is 0. The van der Waals surface area contributed by atoms with Gasteiger partial charge in [-0.1, -0.05) is 39.0 Å². The van der Waals surface area contributed by atoms with Crippen LogP contribution < -0.4 is 0 Å². The highest BCUT2D eigenvalue weighted by atomic mass is 15.3. The van der Waals surface area contributed by atoms with E-state index in [2.05, 4.69) is 31.9 Å². The largest absolute Gasteiger partial charge is 0.236 e. The summed E-state index contributed by atoms with van der Waals surface area (Å²) in [5.74, 6) is 0. The first-order chi connectivity index (χ1) is 8.45. The minimum absolute atomic E-state index is 0.0535. The zero-order valence-corrected chi connectivity index (χ0v) is 11.2. The Hall–Kier alpha value is -2.08. The number of aromatic nitrogens is 2. The van der Waals surface area contributed by atoms with E-state index in [1.54, 1.807) is 0 Å². The van der Waals surface area contributed by atoms with Crippen molar-refractivity contribution in [3.63, 3.8) is 0 Å². The Morgan fingerprint density at radius 1 is 1.17 bits per heavy atom. The Bertz CT molecular complexity index is 595. The molecule has 2 rings (SSSR count). The van der Waals surface area contributed by atoms with E-state index in [0.717, 1.165) is 16.9 Å². The first-order valence-electron chi connectivity index (χ1n) is 6.01. The number of nitriles is 1. The van der Waals surface area contributed by atoms with Crippen LogP contribution in [0.5, 0.6) is 0 Å². The van der Waals surface area contributed by atoms with Gasteiger partial charge in [0.2, 0.25) is 0 Å². The molecule has 0 aliphatic rings. The number of benzene rings is 1. The van der Waals surface area contributed by atoms with E-state index < -0.39 is 0 Å². The van der Waals surface area contributed by atoms with Crippen molar-refractivity contribution in [2.75, 3.05) is 0 Å². The molecule has 0 N–H and O–H groups in total. The Labute approximate surface area is 108 Å². The second-order valence-electron chi connectivity index (χ2n) is 5.43. The molecule has 1 aromatic carbocycles. The van der Waals surface area contributed by atoms with Gasteiger partial charge in [0.25, 0.3) is 0 Å². The summed E-state index contributed by atoms with van der Waals surface area (Å²) < 4.78 is 1.88. The lowest BCUT2D eigenvalue weighted by molar-refractivity contribution is 0.540. The van der Waals surface area contributed by atoms with E-state index >= 15 is 0 Å². The summed E-state index contributed by atoms with van der Waals surface area (Å²) in [5, 5.41) is 13.6. The number of hydrogen-bond donors (Lipinski definition) is 0. The van der Waals surface area contributed by atoms with Crippen molar-refractivity contribution in [1.82, 2.24) is 9.78 Å². The van der Waals surface area contributed by atoms with Crippen LogP contribution in [0, 0.1) is 18.3 Å². The second-order valence-corrected chi connectivity index (χ2v) is 5.43. The summed E-state index contributed by atoms with van der Waals surface area (Å²) in [4.78, 5) is 0.